The second-order valence-corrected chi connectivity index (χ2v) is 4.39. The Morgan fingerprint density at radius 1 is 1.44 bits per heavy atom. The van der Waals surface area contributed by atoms with Crippen LogP contribution in [0, 0.1) is 11.6 Å². The van der Waals surface area contributed by atoms with Crippen molar-refractivity contribution in [3.63, 3.8) is 0 Å². The van der Waals surface area contributed by atoms with Gasteiger partial charge in [-0.3, -0.25) is 4.79 Å². The molecule has 2 rings (SSSR count). The maximum absolute atomic E-state index is 13.5. The molecule has 6 heteroatoms. The van der Waals surface area contributed by atoms with Crippen LogP contribution in [0.5, 0.6) is 0 Å². The van der Waals surface area contributed by atoms with Crippen LogP contribution in [0.3, 0.4) is 0 Å². The van der Waals surface area contributed by atoms with Crippen LogP contribution in [-0.4, -0.2) is 17.7 Å². The van der Waals surface area contributed by atoms with Gasteiger partial charge in [0.15, 0.2) is 11.6 Å². The Balaban J connectivity index is 2.48. The van der Waals surface area contributed by atoms with Crippen LogP contribution in [0.4, 0.5) is 20.2 Å². The molecular formula is C10H10F2N2OS. The Kier molecular flexibility index (Phi) is 2.75. The summed E-state index contributed by atoms with van der Waals surface area (Å²) in [5, 5.41) is -0.172. The van der Waals surface area contributed by atoms with Crippen molar-refractivity contribution in [1.29, 1.82) is 0 Å². The third-order valence-electron chi connectivity index (χ3n) is 2.47. The van der Waals surface area contributed by atoms with E-state index in [1.54, 1.807) is 0 Å². The summed E-state index contributed by atoms with van der Waals surface area (Å²) in [6.07, 6.45) is 0.207. The third kappa shape index (κ3) is 1.73. The summed E-state index contributed by atoms with van der Waals surface area (Å²) < 4.78 is 26.6. The molecule has 86 valence electrons. The van der Waals surface area contributed by atoms with Gasteiger partial charge in [0, 0.05) is 18.2 Å². The maximum Gasteiger partial charge on any atom is 0.228 e. The lowest BCUT2D eigenvalue weighted by atomic mass is 10.2. The highest BCUT2D eigenvalue weighted by atomic mass is 32.1. The van der Waals surface area contributed by atoms with Crippen molar-refractivity contribution in [1.82, 2.24) is 0 Å². The molecule has 1 heterocycles. The van der Waals surface area contributed by atoms with Gasteiger partial charge in [0.2, 0.25) is 5.91 Å². The van der Waals surface area contributed by atoms with Crippen molar-refractivity contribution in [2.75, 3.05) is 17.2 Å². The molecule has 0 bridgehead atoms. The minimum Gasteiger partial charge on any atom is -0.397 e. The van der Waals surface area contributed by atoms with Gasteiger partial charge in [-0.2, -0.15) is 12.6 Å². The first kappa shape index (κ1) is 11.2. The second kappa shape index (κ2) is 3.93. The van der Waals surface area contributed by atoms with Gasteiger partial charge in [-0.1, -0.05) is 0 Å². The van der Waals surface area contributed by atoms with Crippen LogP contribution in [0.1, 0.15) is 6.42 Å². The van der Waals surface area contributed by atoms with Crippen molar-refractivity contribution in [3.05, 3.63) is 23.8 Å². The number of nitrogen functional groups attached to an aromatic ring is 1. The van der Waals surface area contributed by atoms with E-state index >= 15 is 0 Å². The maximum atomic E-state index is 13.5. The summed E-state index contributed by atoms with van der Waals surface area (Å²) in [4.78, 5) is 12.7. The number of carbonyl (C=O) groups is 1. The molecule has 1 aromatic carbocycles. The number of thiol groups is 1. The van der Waals surface area contributed by atoms with Crippen LogP contribution in [0.2, 0.25) is 0 Å². The average Bonchev–Trinajstić information content (AvgIpc) is 2.53. The topological polar surface area (TPSA) is 46.3 Å². The van der Waals surface area contributed by atoms with Gasteiger partial charge in [-0.15, -0.1) is 0 Å². The molecule has 0 saturated carbocycles. The molecule has 0 spiro atoms. The number of nitrogens with zero attached hydrogens (tertiary/aromatic N) is 1. The normalized spacial score (nSPS) is 20.6. The van der Waals surface area contributed by atoms with Gasteiger partial charge in [-0.05, 0) is 12.1 Å². The molecule has 0 radical (unpaired) electrons. The van der Waals surface area contributed by atoms with E-state index in [0.717, 1.165) is 11.0 Å². The molecule has 0 aromatic heterocycles. The fraction of sp³-hybridized carbons (Fsp3) is 0.300. The average molecular weight is 244 g/mol. The van der Waals surface area contributed by atoms with E-state index in [9.17, 15) is 13.6 Å². The number of nitrogens with two attached hydrogens (primary N) is 1. The molecule has 0 aliphatic carbocycles. The molecule has 2 N–H and O–H groups in total. The van der Waals surface area contributed by atoms with Crippen LogP contribution < -0.4 is 10.6 Å². The van der Waals surface area contributed by atoms with Gasteiger partial charge in [0.1, 0.15) is 5.69 Å². The highest BCUT2D eigenvalue weighted by Gasteiger charge is 2.32. The smallest absolute Gasteiger partial charge is 0.228 e. The molecular weight excluding hydrogens is 234 g/mol. The first-order chi connectivity index (χ1) is 7.50. The standard InChI is InChI=1S/C10H10F2N2OS/c11-6-1-2-7(13)10(9(6)12)14-4-5(16)3-8(14)15/h1-2,5,16H,3-4,13H2. The number of rotatable bonds is 1. The zero-order chi connectivity index (χ0) is 11.9. The fourth-order valence-electron chi connectivity index (χ4n) is 1.73. The predicted molar refractivity (Wildman–Crippen MR) is 60.5 cm³/mol. The molecule has 1 amide bonds. The van der Waals surface area contributed by atoms with Crippen molar-refractivity contribution in [2.24, 2.45) is 0 Å². The Morgan fingerprint density at radius 3 is 2.69 bits per heavy atom. The predicted octanol–water partition coefficient (Wildman–Crippen LogP) is 1.58. The second-order valence-electron chi connectivity index (χ2n) is 3.66. The first-order valence-electron chi connectivity index (χ1n) is 4.72. The lowest BCUT2D eigenvalue weighted by Gasteiger charge is -2.19. The molecule has 1 aliphatic rings. The third-order valence-corrected chi connectivity index (χ3v) is 2.82. The van der Waals surface area contributed by atoms with Crippen molar-refractivity contribution >= 4 is 29.9 Å². The SMILES string of the molecule is Nc1ccc(F)c(F)c1N1CC(S)CC1=O. The molecule has 3 nitrogen and oxygen atoms in total. The quantitative estimate of drug-likeness (QED) is 0.582. The largest absolute Gasteiger partial charge is 0.397 e. The minimum atomic E-state index is -1.09. The number of benzene rings is 1. The van der Waals surface area contributed by atoms with Gasteiger partial charge in [-0.25, -0.2) is 8.78 Å². The zero-order valence-electron chi connectivity index (χ0n) is 8.28. The molecule has 1 atom stereocenters. The monoisotopic (exact) mass is 244 g/mol. The molecule has 1 unspecified atom stereocenters. The van der Waals surface area contributed by atoms with E-state index in [2.05, 4.69) is 12.6 Å². The Bertz CT molecular complexity index is 453. The van der Waals surface area contributed by atoms with Crippen molar-refractivity contribution in [3.8, 4) is 0 Å². The van der Waals surface area contributed by atoms with Crippen LogP contribution in [-0.2, 0) is 4.79 Å². The minimum absolute atomic E-state index is 0.0506. The summed E-state index contributed by atoms with van der Waals surface area (Å²) in [6, 6.07) is 2.18. The highest BCUT2D eigenvalue weighted by molar-refractivity contribution is 7.81. The van der Waals surface area contributed by atoms with Gasteiger partial charge >= 0.3 is 0 Å². The number of amides is 1. The van der Waals surface area contributed by atoms with Crippen LogP contribution in [0.15, 0.2) is 12.1 Å². The number of carbonyl (C=O) groups excluding carboxylic acids is 1. The van der Waals surface area contributed by atoms with Crippen LogP contribution >= 0.6 is 12.6 Å². The summed E-state index contributed by atoms with van der Waals surface area (Å²) in [6.45, 7) is 0.243. The number of halogens is 2. The van der Waals surface area contributed by atoms with Gasteiger partial charge in [0.25, 0.3) is 0 Å². The molecule has 16 heavy (non-hydrogen) atoms. The Hall–Kier alpha value is -1.30. The molecule has 1 saturated heterocycles. The fourth-order valence-corrected chi connectivity index (χ4v) is 2.05. The zero-order valence-corrected chi connectivity index (χ0v) is 9.18. The van der Waals surface area contributed by atoms with Crippen molar-refractivity contribution < 1.29 is 13.6 Å². The van der Waals surface area contributed by atoms with E-state index in [4.69, 9.17) is 5.73 Å². The number of hydrogen-bond acceptors (Lipinski definition) is 3. The van der Waals surface area contributed by atoms with Gasteiger partial charge in [0.05, 0.1) is 5.69 Å². The molecule has 1 fully saturated rings. The van der Waals surface area contributed by atoms with E-state index in [1.807, 2.05) is 0 Å². The Morgan fingerprint density at radius 2 is 2.12 bits per heavy atom. The summed E-state index contributed by atoms with van der Waals surface area (Å²) in [7, 11) is 0. The molecule has 1 aliphatic heterocycles. The van der Waals surface area contributed by atoms with E-state index in [1.165, 1.54) is 6.07 Å². The number of anilines is 2. The lowest BCUT2D eigenvalue weighted by molar-refractivity contribution is -0.117. The van der Waals surface area contributed by atoms with Gasteiger partial charge < -0.3 is 10.6 Å². The molecule has 1 aromatic rings. The van der Waals surface area contributed by atoms with E-state index in [0.29, 0.717) is 0 Å². The van der Waals surface area contributed by atoms with E-state index in [-0.39, 0.29) is 35.5 Å². The summed E-state index contributed by atoms with van der Waals surface area (Å²) in [5.74, 6) is -2.40. The summed E-state index contributed by atoms with van der Waals surface area (Å²) in [5.41, 5.74) is 5.42. The van der Waals surface area contributed by atoms with E-state index < -0.39 is 11.6 Å². The summed E-state index contributed by atoms with van der Waals surface area (Å²) >= 11 is 4.14. The first-order valence-corrected chi connectivity index (χ1v) is 5.24. The Labute approximate surface area is 96.6 Å². The van der Waals surface area contributed by atoms with Crippen LogP contribution in [0.25, 0.3) is 0 Å². The number of hydrogen-bond donors (Lipinski definition) is 2. The van der Waals surface area contributed by atoms with Crippen molar-refractivity contribution in [2.45, 2.75) is 11.7 Å². The lowest BCUT2D eigenvalue weighted by Crippen LogP contribution is -2.27. The highest BCUT2D eigenvalue weighted by Crippen LogP contribution is 2.32.